The van der Waals surface area contributed by atoms with Gasteiger partial charge in [-0.15, -0.1) is 0 Å². The number of hydrogen-bond donors (Lipinski definition) is 2. The summed E-state index contributed by atoms with van der Waals surface area (Å²) < 4.78 is 0. The van der Waals surface area contributed by atoms with E-state index in [4.69, 9.17) is 0 Å². The second kappa shape index (κ2) is 3.00. The van der Waals surface area contributed by atoms with Gasteiger partial charge in [-0.3, -0.25) is 0 Å². The fourth-order valence-electron chi connectivity index (χ4n) is 2.36. The van der Waals surface area contributed by atoms with Gasteiger partial charge in [0.15, 0.2) is 0 Å². The Morgan fingerprint density at radius 2 is 1.75 bits per heavy atom. The lowest BCUT2D eigenvalue weighted by atomic mass is 10.1. The van der Waals surface area contributed by atoms with E-state index < -0.39 is 0 Å². The fraction of sp³-hybridized carbons (Fsp3) is 1.00. The first-order valence-electron chi connectivity index (χ1n) is 5.11. The van der Waals surface area contributed by atoms with Crippen LogP contribution in [-0.2, 0) is 0 Å². The zero-order valence-corrected chi connectivity index (χ0v) is 7.96. The number of rotatable bonds is 3. The Labute approximate surface area is 74.4 Å². The predicted molar refractivity (Wildman–Crippen MR) is 48.9 cm³/mol. The molecule has 2 saturated carbocycles. The molecule has 0 spiro atoms. The first-order chi connectivity index (χ1) is 5.66. The van der Waals surface area contributed by atoms with E-state index in [1.54, 1.807) is 0 Å². The van der Waals surface area contributed by atoms with Crippen LogP contribution in [0.5, 0.6) is 0 Å². The highest BCUT2D eigenvalue weighted by atomic mass is 16.3. The second-order valence-electron chi connectivity index (χ2n) is 4.62. The molecule has 0 bridgehead atoms. The summed E-state index contributed by atoms with van der Waals surface area (Å²) in [6, 6.07) is 0.950. The second-order valence-corrected chi connectivity index (χ2v) is 4.62. The fourth-order valence-corrected chi connectivity index (χ4v) is 2.36. The molecule has 2 fully saturated rings. The molecule has 12 heavy (non-hydrogen) atoms. The zero-order valence-electron chi connectivity index (χ0n) is 7.96. The van der Waals surface area contributed by atoms with Crippen LogP contribution >= 0.6 is 0 Å². The van der Waals surface area contributed by atoms with E-state index in [1.165, 1.54) is 19.3 Å². The van der Waals surface area contributed by atoms with Gasteiger partial charge in [0, 0.05) is 12.1 Å². The quantitative estimate of drug-likeness (QED) is 0.664. The molecule has 2 nitrogen and oxygen atoms in total. The third kappa shape index (κ3) is 1.64. The van der Waals surface area contributed by atoms with Crippen molar-refractivity contribution in [3.63, 3.8) is 0 Å². The van der Waals surface area contributed by atoms with Crippen LogP contribution in [0.1, 0.15) is 33.1 Å². The summed E-state index contributed by atoms with van der Waals surface area (Å²) in [5, 5.41) is 12.8. The van der Waals surface area contributed by atoms with Crippen molar-refractivity contribution in [2.45, 2.75) is 51.3 Å². The van der Waals surface area contributed by atoms with Crippen LogP contribution in [0.25, 0.3) is 0 Å². The molecule has 70 valence electrons. The molecule has 2 aliphatic rings. The first kappa shape index (κ1) is 8.52. The largest absolute Gasteiger partial charge is 0.392 e. The highest BCUT2D eigenvalue weighted by Gasteiger charge is 2.45. The van der Waals surface area contributed by atoms with Crippen molar-refractivity contribution >= 4 is 0 Å². The van der Waals surface area contributed by atoms with Gasteiger partial charge < -0.3 is 10.4 Å². The van der Waals surface area contributed by atoms with E-state index in [0.29, 0.717) is 6.04 Å². The Bertz CT molecular complexity index is 159. The number of hydrogen-bond acceptors (Lipinski definition) is 2. The molecule has 4 unspecified atom stereocenters. The molecule has 2 N–H and O–H groups in total. The first-order valence-corrected chi connectivity index (χ1v) is 5.11. The molecule has 0 aliphatic heterocycles. The maximum absolute atomic E-state index is 9.30. The van der Waals surface area contributed by atoms with Crippen molar-refractivity contribution in [2.75, 3.05) is 0 Å². The smallest absolute Gasteiger partial charge is 0.0662 e. The SMILES string of the molecule is CC(O)C(C)NC1CC2CC2C1. The van der Waals surface area contributed by atoms with Crippen molar-refractivity contribution in [3.05, 3.63) is 0 Å². The summed E-state index contributed by atoms with van der Waals surface area (Å²) in [6.45, 7) is 3.92. The molecule has 0 aromatic heterocycles. The molecule has 0 heterocycles. The minimum Gasteiger partial charge on any atom is -0.392 e. The van der Waals surface area contributed by atoms with E-state index in [0.717, 1.165) is 11.8 Å². The molecule has 0 radical (unpaired) electrons. The van der Waals surface area contributed by atoms with Gasteiger partial charge in [-0.2, -0.15) is 0 Å². The minimum atomic E-state index is -0.220. The standard InChI is InChI=1S/C10H19NO/c1-6(7(2)12)11-10-4-8-3-9(8)5-10/h6-12H,3-5H2,1-2H3. The topological polar surface area (TPSA) is 32.3 Å². The van der Waals surface area contributed by atoms with Crippen LogP contribution in [0.4, 0.5) is 0 Å². The summed E-state index contributed by atoms with van der Waals surface area (Å²) >= 11 is 0. The van der Waals surface area contributed by atoms with Gasteiger partial charge in [-0.05, 0) is 44.9 Å². The molecule has 2 aliphatic carbocycles. The monoisotopic (exact) mass is 169 g/mol. The van der Waals surface area contributed by atoms with E-state index in [9.17, 15) is 5.11 Å². The van der Waals surface area contributed by atoms with Crippen LogP contribution in [0.2, 0.25) is 0 Å². The van der Waals surface area contributed by atoms with Crippen LogP contribution in [0.15, 0.2) is 0 Å². The molecule has 0 aromatic rings. The van der Waals surface area contributed by atoms with Crippen LogP contribution in [0.3, 0.4) is 0 Å². The van der Waals surface area contributed by atoms with Crippen LogP contribution in [-0.4, -0.2) is 23.3 Å². The molecule has 0 aromatic carbocycles. The van der Waals surface area contributed by atoms with Crippen molar-refractivity contribution < 1.29 is 5.11 Å². The van der Waals surface area contributed by atoms with E-state index in [2.05, 4.69) is 12.2 Å². The van der Waals surface area contributed by atoms with Gasteiger partial charge in [0.05, 0.1) is 6.10 Å². The lowest BCUT2D eigenvalue weighted by molar-refractivity contribution is 0.145. The van der Waals surface area contributed by atoms with Gasteiger partial charge in [0.1, 0.15) is 0 Å². The number of fused-ring (bicyclic) bond motifs is 1. The molecule has 0 amide bonds. The highest BCUT2D eigenvalue weighted by Crippen LogP contribution is 2.51. The number of nitrogens with one attached hydrogen (secondary N) is 1. The van der Waals surface area contributed by atoms with Crippen molar-refractivity contribution in [1.29, 1.82) is 0 Å². The maximum atomic E-state index is 9.30. The summed E-state index contributed by atoms with van der Waals surface area (Å²) in [5.41, 5.74) is 0. The Balaban J connectivity index is 1.73. The van der Waals surface area contributed by atoms with Crippen molar-refractivity contribution in [1.82, 2.24) is 5.32 Å². The van der Waals surface area contributed by atoms with E-state index >= 15 is 0 Å². The van der Waals surface area contributed by atoms with Gasteiger partial charge >= 0.3 is 0 Å². The number of aliphatic hydroxyl groups excluding tert-OH is 1. The third-order valence-electron chi connectivity index (χ3n) is 3.47. The minimum absolute atomic E-state index is 0.220. The van der Waals surface area contributed by atoms with Gasteiger partial charge in [-0.1, -0.05) is 0 Å². The lowest BCUT2D eigenvalue weighted by Crippen LogP contribution is -2.41. The lowest BCUT2D eigenvalue weighted by Gasteiger charge is -2.22. The van der Waals surface area contributed by atoms with Crippen LogP contribution in [0, 0.1) is 11.8 Å². The van der Waals surface area contributed by atoms with E-state index in [1.807, 2.05) is 6.92 Å². The maximum Gasteiger partial charge on any atom is 0.0662 e. The van der Waals surface area contributed by atoms with Gasteiger partial charge in [-0.25, -0.2) is 0 Å². The summed E-state index contributed by atoms with van der Waals surface area (Å²) in [4.78, 5) is 0. The highest BCUT2D eigenvalue weighted by molar-refractivity contribution is 4.99. The number of aliphatic hydroxyl groups is 1. The van der Waals surface area contributed by atoms with Gasteiger partial charge in [0.2, 0.25) is 0 Å². The Hall–Kier alpha value is -0.0800. The molecule has 4 atom stereocenters. The Morgan fingerprint density at radius 3 is 2.25 bits per heavy atom. The molecule has 2 rings (SSSR count). The predicted octanol–water partition coefficient (Wildman–Crippen LogP) is 1.14. The third-order valence-corrected chi connectivity index (χ3v) is 3.47. The molecule has 2 heteroatoms. The Morgan fingerprint density at radius 1 is 1.17 bits per heavy atom. The zero-order chi connectivity index (χ0) is 8.72. The molecule has 0 saturated heterocycles. The van der Waals surface area contributed by atoms with E-state index in [-0.39, 0.29) is 12.1 Å². The molecular weight excluding hydrogens is 150 g/mol. The summed E-state index contributed by atoms with van der Waals surface area (Å²) in [7, 11) is 0. The normalized spacial score (nSPS) is 43.8. The van der Waals surface area contributed by atoms with Crippen LogP contribution < -0.4 is 5.32 Å². The Kier molecular flexibility index (Phi) is 2.13. The average molecular weight is 169 g/mol. The molecular formula is C10H19NO. The summed E-state index contributed by atoms with van der Waals surface area (Å²) in [6.07, 6.45) is 3.95. The van der Waals surface area contributed by atoms with Gasteiger partial charge in [0.25, 0.3) is 0 Å². The summed E-state index contributed by atoms with van der Waals surface area (Å²) in [5.74, 6) is 2.06. The average Bonchev–Trinajstić information content (AvgIpc) is 2.59. The van der Waals surface area contributed by atoms with Crippen molar-refractivity contribution in [3.8, 4) is 0 Å². The van der Waals surface area contributed by atoms with Crippen molar-refractivity contribution in [2.24, 2.45) is 11.8 Å².